The van der Waals surface area contributed by atoms with E-state index in [1.54, 1.807) is 19.1 Å². The number of hydrogen-bond donors (Lipinski definition) is 1. The smallest absolute Gasteiger partial charge is 0.324 e. The zero-order chi connectivity index (χ0) is 23.3. The van der Waals surface area contributed by atoms with Crippen LogP contribution in [-0.4, -0.2) is 49.6 Å². The van der Waals surface area contributed by atoms with E-state index >= 15 is 0 Å². The maximum absolute atomic E-state index is 13.1. The number of amides is 1. The average Bonchev–Trinajstić information content (AvgIpc) is 3.32. The third-order valence-corrected chi connectivity index (χ3v) is 7.21. The molecule has 1 aliphatic rings. The number of nitrogens with zero attached hydrogens (tertiary/aromatic N) is 1. The number of furan rings is 1. The number of benzene rings is 1. The number of piperidine rings is 1. The molecule has 0 saturated carbocycles. The Morgan fingerprint density at radius 3 is 2.53 bits per heavy atom. The molecule has 1 aromatic heterocycles. The van der Waals surface area contributed by atoms with Gasteiger partial charge in [-0.25, -0.2) is 8.42 Å². The molecule has 172 valence electrons. The molecule has 1 saturated heterocycles. The van der Waals surface area contributed by atoms with E-state index < -0.39 is 40.6 Å². The molecule has 2 atom stereocenters. The summed E-state index contributed by atoms with van der Waals surface area (Å²) in [5, 5.41) is 2.65. The van der Waals surface area contributed by atoms with Crippen molar-refractivity contribution in [3.05, 3.63) is 54.0 Å². The zero-order valence-electron chi connectivity index (χ0n) is 17.9. The second-order valence-corrected chi connectivity index (χ2v) is 9.51. The van der Waals surface area contributed by atoms with Gasteiger partial charge in [0.05, 0.1) is 17.2 Å². The van der Waals surface area contributed by atoms with Gasteiger partial charge in [0.2, 0.25) is 10.0 Å². The molecule has 1 amide bonds. The normalized spacial score (nSPS) is 18.0. The molecule has 2 aromatic rings. The van der Waals surface area contributed by atoms with Gasteiger partial charge >= 0.3 is 5.97 Å². The van der Waals surface area contributed by atoms with E-state index in [4.69, 9.17) is 9.15 Å². The Morgan fingerprint density at radius 1 is 1.19 bits per heavy atom. The molecule has 0 aliphatic carbocycles. The molecule has 2 unspecified atom stereocenters. The summed E-state index contributed by atoms with van der Waals surface area (Å²) in [5.41, 5.74) is 0.397. The van der Waals surface area contributed by atoms with Crippen LogP contribution in [0.4, 0.5) is 0 Å². The first kappa shape index (κ1) is 23.7. The molecule has 1 N–H and O–H groups in total. The van der Waals surface area contributed by atoms with Gasteiger partial charge in [-0.1, -0.05) is 12.1 Å². The maximum atomic E-state index is 13.1. The Labute approximate surface area is 186 Å². The molecule has 1 aromatic carbocycles. The van der Waals surface area contributed by atoms with Gasteiger partial charge in [-0.3, -0.25) is 14.4 Å². The number of carbonyl (C=O) groups is 3. The predicted octanol–water partition coefficient (Wildman–Crippen LogP) is 2.45. The minimum absolute atomic E-state index is 0.00721. The monoisotopic (exact) mass is 462 g/mol. The van der Waals surface area contributed by atoms with E-state index in [-0.39, 0.29) is 17.2 Å². The Kier molecular flexibility index (Phi) is 7.47. The Bertz CT molecular complexity index is 1060. The lowest BCUT2D eigenvalue weighted by molar-refractivity contribution is -0.153. The number of nitrogens with one attached hydrogen (secondary N) is 1. The van der Waals surface area contributed by atoms with E-state index in [2.05, 4.69) is 5.32 Å². The summed E-state index contributed by atoms with van der Waals surface area (Å²) in [5.74, 6) is -0.903. The van der Waals surface area contributed by atoms with Crippen molar-refractivity contribution in [2.24, 2.45) is 0 Å². The highest BCUT2D eigenvalue weighted by atomic mass is 32.2. The highest BCUT2D eigenvalue weighted by molar-refractivity contribution is 7.89. The number of ether oxygens (including phenoxy) is 1. The van der Waals surface area contributed by atoms with Gasteiger partial charge in [-0.15, -0.1) is 0 Å². The Morgan fingerprint density at radius 2 is 1.91 bits per heavy atom. The number of Topliss-reactive ketones (excluding diaryl/α,β-unsaturated/α-hetero) is 1. The summed E-state index contributed by atoms with van der Waals surface area (Å²) in [7, 11) is -3.98. The summed E-state index contributed by atoms with van der Waals surface area (Å²) >= 11 is 0. The molecule has 1 aliphatic heterocycles. The third-order valence-electron chi connectivity index (χ3n) is 5.29. The van der Waals surface area contributed by atoms with Crippen LogP contribution < -0.4 is 5.32 Å². The second kappa shape index (κ2) is 10.1. The first-order chi connectivity index (χ1) is 15.2. The first-order valence-electron chi connectivity index (χ1n) is 10.3. The largest absolute Gasteiger partial charge is 0.467 e. The van der Waals surface area contributed by atoms with Crippen LogP contribution in [0.3, 0.4) is 0 Å². The minimum atomic E-state index is -3.98. The quantitative estimate of drug-likeness (QED) is 0.472. The second-order valence-electron chi connectivity index (χ2n) is 7.62. The van der Waals surface area contributed by atoms with Crippen LogP contribution in [0.1, 0.15) is 55.3 Å². The summed E-state index contributed by atoms with van der Waals surface area (Å²) in [4.78, 5) is 36.3. The van der Waals surface area contributed by atoms with E-state index in [9.17, 15) is 22.8 Å². The van der Waals surface area contributed by atoms with Crippen LogP contribution in [0, 0.1) is 0 Å². The lowest BCUT2D eigenvalue weighted by atomic mass is 10.1. The molecule has 32 heavy (non-hydrogen) atoms. The van der Waals surface area contributed by atoms with Crippen molar-refractivity contribution < 1.29 is 32.0 Å². The molecule has 0 spiro atoms. The number of rotatable bonds is 8. The number of ketones is 1. The molecular weight excluding hydrogens is 436 g/mol. The topological polar surface area (TPSA) is 123 Å². The van der Waals surface area contributed by atoms with Gasteiger partial charge in [0, 0.05) is 12.1 Å². The standard InChI is InChI=1S/C22H26N2O7S/c1-15(20-7-5-13-30-20)23-21(26)14-31-22(27)19-6-3-4-12-24(19)32(28,29)18-10-8-17(9-11-18)16(2)25/h5,7-11,13,15,19H,3-4,6,12,14H2,1-2H3,(H,23,26). The molecule has 0 bridgehead atoms. The van der Waals surface area contributed by atoms with Crippen LogP contribution >= 0.6 is 0 Å². The minimum Gasteiger partial charge on any atom is -0.467 e. The van der Waals surface area contributed by atoms with E-state index in [1.807, 2.05) is 0 Å². The van der Waals surface area contributed by atoms with E-state index in [0.717, 1.165) is 4.31 Å². The number of esters is 1. The lowest BCUT2D eigenvalue weighted by Crippen LogP contribution is -2.49. The van der Waals surface area contributed by atoms with Gasteiger partial charge in [0.15, 0.2) is 12.4 Å². The van der Waals surface area contributed by atoms with Crippen LogP contribution in [0.25, 0.3) is 0 Å². The summed E-state index contributed by atoms with van der Waals surface area (Å²) < 4.78 is 37.8. The molecule has 10 heteroatoms. The van der Waals surface area contributed by atoms with Crippen LogP contribution in [0.15, 0.2) is 52.0 Å². The molecular formula is C22H26N2O7S. The van der Waals surface area contributed by atoms with Crippen molar-refractivity contribution in [3.8, 4) is 0 Å². The van der Waals surface area contributed by atoms with Crippen molar-refractivity contribution in [2.45, 2.75) is 50.1 Å². The van der Waals surface area contributed by atoms with Gasteiger partial charge in [0.25, 0.3) is 5.91 Å². The number of hydrogen-bond acceptors (Lipinski definition) is 7. The summed E-state index contributed by atoms with van der Waals surface area (Å²) in [6.45, 7) is 2.76. The van der Waals surface area contributed by atoms with Crippen molar-refractivity contribution in [3.63, 3.8) is 0 Å². The molecule has 0 radical (unpaired) electrons. The zero-order valence-corrected chi connectivity index (χ0v) is 18.8. The van der Waals surface area contributed by atoms with Crippen molar-refractivity contribution in [1.82, 2.24) is 9.62 Å². The van der Waals surface area contributed by atoms with E-state index in [0.29, 0.717) is 30.6 Å². The number of sulfonamides is 1. The lowest BCUT2D eigenvalue weighted by Gasteiger charge is -2.33. The van der Waals surface area contributed by atoms with Crippen molar-refractivity contribution in [2.75, 3.05) is 13.2 Å². The Hall–Kier alpha value is -2.98. The highest BCUT2D eigenvalue weighted by Gasteiger charge is 2.38. The van der Waals surface area contributed by atoms with Crippen LogP contribution in [0.5, 0.6) is 0 Å². The first-order valence-corrected chi connectivity index (χ1v) is 11.8. The van der Waals surface area contributed by atoms with Crippen LogP contribution in [-0.2, 0) is 24.3 Å². The fraction of sp³-hybridized carbons (Fsp3) is 0.409. The van der Waals surface area contributed by atoms with Gasteiger partial charge in [-0.05, 0) is 57.4 Å². The third kappa shape index (κ3) is 5.43. The molecule has 3 rings (SSSR count). The molecule has 9 nitrogen and oxygen atoms in total. The van der Waals surface area contributed by atoms with E-state index in [1.165, 1.54) is 37.5 Å². The van der Waals surface area contributed by atoms with Gasteiger partial charge < -0.3 is 14.5 Å². The van der Waals surface area contributed by atoms with Gasteiger partial charge in [0.1, 0.15) is 11.8 Å². The summed E-state index contributed by atoms with van der Waals surface area (Å²) in [6, 6.07) is 7.58. The predicted molar refractivity (Wildman–Crippen MR) is 114 cm³/mol. The summed E-state index contributed by atoms with van der Waals surface area (Å²) in [6.07, 6.45) is 3.06. The Balaban J connectivity index is 1.65. The maximum Gasteiger partial charge on any atom is 0.324 e. The van der Waals surface area contributed by atoms with Crippen molar-refractivity contribution >= 4 is 27.7 Å². The SMILES string of the molecule is CC(=O)c1ccc(S(=O)(=O)N2CCCCC2C(=O)OCC(=O)NC(C)c2ccco2)cc1. The van der Waals surface area contributed by atoms with Gasteiger partial charge in [-0.2, -0.15) is 4.31 Å². The fourth-order valence-electron chi connectivity index (χ4n) is 3.55. The number of carbonyl (C=O) groups excluding carboxylic acids is 3. The van der Waals surface area contributed by atoms with Crippen LogP contribution in [0.2, 0.25) is 0 Å². The average molecular weight is 463 g/mol. The molecule has 1 fully saturated rings. The fourth-order valence-corrected chi connectivity index (χ4v) is 5.20. The van der Waals surface area contributed by atoms with Crippen molar-refractivity contribution in [1.29, 1.82) is 0 Å². The highest BCUT2D eigenvalue weighted by Crippen LogP contribution is 2.26. The molecule has 2 heterocycles.